The first-order chi connectivity index (χ1) is 9.08. The predicted molar refractivity (Wildman–Crippen MR) is 79.9 cm³/mol. The molecule has 0 atom stereocenters. The average Bonchev–Trinajstić information content (AvgIpc) is 2.75. The number of hydrogen-bond acceptors (Lipinski definition) is 5. The van der Waals surface area contributed by atoms with E-state index < -0.39 is 0 Å². The average molecular weight is 276 g/mol. The molecule has 0 fully saturated rings. The molecule has 0 saturated carbocycles. The third-order valence-electron chi connectivity index (χ3n) is 2.75. The summed E-state index contributed by atoms with van der Waals surface area (Å²) in [5.74, 6) is 2.15. The number of aryl methyl sites for hydroxylation is 1. The van der Waals surface area contributed by atoms with Gasteiger partial charge in [-0.2, -0.15) is 0 Å². The molecule has 0 saturated heterocycles. The first-order valence-electron chi connectivity index (χ1n) is 6.61. The van der Waals surface area contributed by atoms with E-state index in [0.717, 1.165) is 34.6 Å². The molecule has 0 bridgehead atoms. The fourth-order valence-corrected chi connectivity index (χ4v) is 2.43. The van der Waals surface area contributed by atoms with Gasteiger partial charge >= 0.3 is 0 Å². The lowest BCUT2D eigenvalue weighted by atomic mass is 10.1. The standard InChI is InChI=1S/C14H20N4S/c1-5-15-13-7-12(9(2)3)17-14(18-13)6-11-8-19-10(4)16-11/h7-9H,5-6H2,1-4H3,(H,15,17,18). The molecular formula is C14H20N4S. The topological polar surface area (TPSA) is 50.7 Å². The molecule has 19 heavy (non-hydrogen) atoms. The van der Waals surface area contributed by atoms with Gasteiger partial charge in [-0.3, -0.25) is 0 Å². The molecule has 2 heterocycles. The van der Waals surface area contributed by atoms with E-state index in [1.54, 1.807) is 11.3 Å². The summed E-state index contributed by atoms with van der Waals surface area (Å²) in [6.07, 6.45) is 0.698. The van der Waals surface area contributed by atoms with Crippen LogP contribution in [0.1, 0.15) is 48.9 Å². The molecule has 0 spiro atoms. The Hall–Kier alpha value is -1.49. The van der Waals surface area contributed by atoms with Crippen LogP contribution in [0.3, 0.4) is 0 Å². The Morgan fingerprint density at radius 1 is 1.26 bits per heavy atom. The fraction of sp³-hybridized carbons (Fsp3) is 0.500. The number of anilines is 1. The van der Waals surface area contributed by atoms with Crippen molar-refractivity contribution in [2.24, 2.45) is 0 Å². The molecule has 2 aromatic heterocycles. The van der Waals surface area contributed by atoms with Crippen LogP contribution in [0.2, 0.25) is 0 Å². The monoisotopic (exact) mass is 276 g/mol. The van der Waals surface area contributed by atoms with Crippen LogP contribution >= 0.6 is 11.3 Å². The number of hydrogen-bond donors (Lipinski definition) is 1. The van der Waals surface area contributed by atoms with Crippen LogP contribution < -0.4 is 5.32 Å². The maximum atomic E-state index is 4.63. The molecule has 2 rings (SSSR count). The second-order valence-electron chi connectivity index (χ2n) is 4.81. The SMILES string of the molecule is CCNc1cc(C(C)C)nc(Cc2csc(C)n2)n1. The van der Waals surface area contributed by atoms with Crippen molar-refractivity contribution in [1.82, 2.24) is 15.0 Å². The van der Waals surface area contributed by atoms with Crippen LogP contribution in [0.15, 0.2) is 11.4 Å². The van der Waals surface area contributed by atoms with E-state index in [9.17, 15) is 0 Å². The van der Waals surface area contributed by atoms with Gasteiger partial charge in [0.2, 0.25) is 0 Å². The Morgan fingerprint density at radius 2 is 2.05 bits per heavy atom. The molecular weight excluding hydrogens is 256 g/mol. The van der Waals surface area contributed by atoms with E-state index in [4.69, 9.17) is 0 Å². The van der Waals surface area contributed by atoms with Crippen molar-refractivity contribution in [2.45, 2.75) is 40.0 Å². The molecule has 0 aliphatic rings. The minimum atomic E-state index is 0.399. The van der Waals surface area contributed by atoms with Gasteiger partial charge in [0.1, 0.15) is 11.6 Å². The van der Waals surface area contributed by atoms with Crippen LogP contribution in [0.4, 0.5) is 5.82 Å². The predicted octanol–water partition coefficient (Wildman–Crippen LogP) is 3.39. The quantitative estimate of drug-likeness (QED) is 0.909. The maximum absolute atomic E-state index is 4.63. The molecule has 102 valence electrons. The van der Waals surface area contributed by atoms with E-state index in [0.29, 0.717) is 12.3 Å². The van der Waals surface area contributed by atoms with E-state index in [2.05, 4.69) is 46.4 Å². The zero-order valence-electron chi connectivity index (χ0n) is 11.9. The van der Waals surface area contributed by atoms with Crippen LogP contribution in [0, 0.1) is 6.92 Å². The van der Waals surface area contributed by atoms with E-state index >= 15 is 0 Å². The molecule has 4 nitrogen and oxygen atoms in total. The second kappa shape index (κ2) is 6.10. The largest absolute Gasteiger partial charge is 0.370 e. The Morgan fingerprint density at radius 3 is 2.63 bits per heavy atom. The molecule has 0 amide bonds. The smallest absolute Gasteiger partial charge is 0.136 e. The highest BCUT2D eigenvalue weighted by Gasteiger charge is 2.09. The number of thiazole rings is 1. The number of nitrogens with zero attached hydrogens (tertiary/aromatic N) is 3. The molecule has 0 aromatic carbocycles. The third-order valence-corrected chi connectivity index (χ3v) is 3.57. The molecule has 2 aromatic rings. The van der Waals surface area contributed by atoms with Crippen LogP contribution in [-0.4, -0.2) is 21.5 Å². The summed E-state index contributed by atoms with van der Waals surface area (Å²) in [6.45, 7) is 9.25. The van der Waals surface area contributed by atoms with Crippen LogP contribution in [0.5, 0.6) is 0 Å². The van der Waals surface area contributed by atoms with Gasteiger partial charge in [0.25, 0.3) is 0 Å². The molecule has 5 heteroatoms. The zero-order chi connectivity index (χ0) is 13.8. The summed E-state index contributed by atoms with van der Waals surface area (Å²) in [4.78, 5) is 13.7. The Balaban J connectivity index is 2.27. The van der Waals surface area contributed by atoms with Gasteiger partial charge in [0.15, 0.2) is 0 Å². The van der Waals surface area contributed by atoms with Gasteiger partial charge < -0.3 is 5.32 Å². The van der Waals surface area contributed by atoms with Gasteiger partial charge in [-0.25, -0.2) is 15.0 Å². The van der Waals surface area contributed by atoms with Gasteiger partial charge in [0, 0.05) is 23.7 Å². The van der Waals surface area contributed by atoms with Crippen molar-refractivity contribution in [3.05, 3.63) is 33.7 Å². The van der Waals surface area contributed by atoms with E-state index in [-0.39, 0.29) is 0 Å². The summed E-state index contributed by atoms with van der Waals surface area (Å²) < 4.78 is 0. The molecule has 0 aliphatic heterocycles. The minimum Gasteiger partial charge on any atom is -0.370 e. The summed E-state index contributed by atoms with van der Waals surface area (Å²) in [7, 11) is 0. The highest BCUT2D eigenvalue weighted by molar-refractivity contribution is 7.09. The maximum Gasteiger partial charge on any atom is 0.136 e. The second-order valence-corrected chi connectivity index (χ2v) is 5.88. The number of nitrogens with one attached hydrogen (secondary N) is 1. The van der Waals surface area contributed by atoms with Crippen molar-refractivity contribution in [2.75, 3.05) is 11.9 Å². The molecule has 0 aliphatic carbocycles. The van der Waals surface area contributed by atoms with E-state index in [1.807, 2.05) is 13.0 Å². The van der Waals surface area contributed by atoms with Gasteiger partial charge in [0.05, 0.1) is 17.1 Å². The van der Waals surface area contributed by atoms with Crippen molar-refractivity contribution < 1.29 is 0 Å². The fourth-order valence-electron chi connectivity index (χ4n) is 1.82. The Kier molecular flexibility index (Phi) is 4.47. The first kappa shape index (κ1) is 13.9. The van der Waals surface area contributed by atoms with Gasteiger partial charge in [-0.1, -0.05) is 13.8 Å². The molecule has 0 unspecified atom stereocenters. The van der Waals surface area contributed by atoms with Crippen LogP contribution in [0.25, 0.3) is 0 Å². The van der Waals surface area contributed by atoms with E-state index in [1.165, 1.54) is 0 Å². The van der Waals surface area contributed by atoms with Crippen molar-refractivity contribution in [1.29, 1.82) is 0 Å². The van der Waals surface area contributed by atoms with Gasteiger partial charge in [-0.05, 0) is 19.8 Å². The highest BCUT2D eigenvalue weighted by atomic mass is 32.1. The summed E-state index contributed by atoms with van der Waals surface area (Å²) in [6, 6.07) is 2.03. The molecule has 0 radical (unpaired) electrons. The third kappa shape index (κ3) is 3.73. The first-order valence-corrected chi connectivity index (χ1v) is 7.49. The summed E-state index contributed by atoms with van der Waals surface area (Å²) in [5, 5.41) is 6.43. The molecule has 1 N–H and O–H groups in total. The van der Waals surface area contributed by atoms with Crippen LogP contribution in [-0.2, 0) is 6.42 Å². The summed E-state index contributed by atoms with van der Waals surface area (Å²) >= 11 is 1.67. The zero-order valence-corrected chi connectivity index (χ0v) is 12.7. The Bertz CT molecular complexity index is 548. The van der Waals surface area contributed by atoms with Gasteiger partial charge in [-0.15, -0.1) is 11.3 Å². The lowest BCUT2D eigenvalue weighted by Gasteiger charge is -2.10. The normalized spacial score (nSPS) is 11.0. The minimum absolute atomic E-state index is 0.399. The number of aromatic nitrogens is 3. The Labute approximate surface area is 118 Å². The van der Waals surface area contributed by atoms with Crippen molar-refractivity contribution >= 4 is 17.2 Å². The number of rotatable bonds is 5. The van der Waals surface area contributed by atoms with Crippen molar-refractivity contribution in [3.63, 3.8) is 0 Å². The lowest BCUT2D eigenvalue weighted by Crippen LogP contribution is -2.07. The van der Waals surface area contributed by atoms with Crippen molar-refractivity contribution in [3.8, 4) is 0 Å². The highest BCUT2D eigenvalue weighted by Crippen LogP contribution is 2.18. The summed E-state index contributed by atoms with van der Waals surface area (Å²) in [5.41, 5.74) is 2.12. The lowest BCUT2D eigenvalue weighted by molar-refractivity contribution is 0.789.